The minimum atomic E-state index is 0.317. The first kappa shape index (κ1) is 15.5. The summed E-state index contributed by atoms with van der Waals surface area (Å²) in [4.78, 5) is 16.1. The van der Waals surface area contributed by atoms with Crippen molar-refractivity contribution in [3.8, 4) is 0 Å². The second-order valence-corrected chi connectivity index (χ2v) is 6.31. The first-order valence-electron chi connectivity index (χ1n) is 7.92. The predicted octanol–water partition coefficient (Wildman–Crippen LogP) is 3.43. The third-order valence-electron chi connectivity index (χ3n) is 4.02. The second-order valence-electron chi connectivity index (χ2n) is 6.31. The second kappa shape index (κ2) is 5.99. The molecule has 0 aliphatic heterocycles. The Balaban J connectivity index is 1.91. The summed E-state index contributed by atoms with van der Waals surface area (Å²) in [6.45, 7) is 6.95. The zero-order valence-corrected chi connectivity index (χ0v) is 14.4. The third-order valence-corrected chi connectivity index (χ3v) is 4.02. The van der Waals surface area contributed by atoms with Crippen LogP contribution in [-0.4, -0.2) is 26.6 Å². The largest absolute Gasteiger partial charge is 0.352 e. The number of fused-ring (bicyclic) bond motifs is 1. The summed E-state index contributed by atoms with van der Waals surface area (Å²) in [6.07, 6.45) is 0. The van der Waals surface area contributed by atoms with E-state index in [4.69, 9.17) is 9.97 Å². The summed E-state index contributed by atoms with van der Waals surface area (Å²) in [6, 6.07) is 10.2. The van der Waals surface area contributed by atoms with Crippen LogP contribution < -0.4 is 4.90 Å². The summed E-state index contributed by atoms with van der Waals surface area (Å²) in [5.41, 5.74) is 3.17. The van der Waals surface area contributed by atoms with Gasteiger partial charge in [-0.1, -0.05) is 26.0 Å². The Labute approximate surface area is 137 Å². The summed E-state index contributed by atoms with van der Waals surface area (Å²) in [5.74, 6) is 3.17. The van der Waals surface area contributed by atoms with Gasteiger partial charge >= 0.3 is 0 Å². The highest BCUT2D eigenvalue weighted by atomic mass is 15.2. The zero-order valence-electron chi connectivity index (χ0n) is 14.4. The van der Waals surface area contributed by atoms with Gasteiger partial charge in [-0.2, -0.15) is 0 Å². The number of nitrogens with zero attached hydrogens (tertiary/aromatic N) is 5. The molecular weight excluding hydrogens is 286 g/mol. The van der Waals surface area contributed by atoms with Crippen molar-refractivity contribution in [2.45, 2.75) is 33.2 Å². The molecule has 1 aromatic carbocycles. The van der Waals surface area contributed by atoms with Crippen LogP contribution in [0, 0.1) is 6.92 Å². The van der Waals surface area contributed by atoms with Crippen molar-refractivity contribution in [3.05, 3.63) is 47.7 Å². The monoisotopic (exact) mass is 309 g/mol. The Morgan fingerprint density at radius 1 is 1.13 bits per heavy atom. The van der Waals surface area contributed by atoms with E-state index in [0.717, 1.165) is 34.2 Å². The topological polar surface area (TPSA) is 46.8 Å². The van der Waals surface area contributed by atoms with E-state index in [0.29, 0.717) is 12.5 Å². The van der Waals surface area contributed by atoms with Gasteiger partial charge in [0, 0.05) is 31.8 Å². The van der Waals surface area contributed by atoms with Gasteiger partial charge < -0.3 is 9.47 Å². The van der Waals surface area contributed by atoms with Gasteiger partial charge in [-0.15, -0.1) is 0 Å². The third kappa shape index (κ3) is 3.04. The average molecular weight is 309 g/mol. The molecule has 0 N–H and O–H groups in total. The Hall–Kier alpha value is -2.43. The maximum absolute atomic E-state index is 4.74. The zero-order chi connectivity index (χ0) is 16.6. The molecule has 0 saturated carbocycles. The predicted molar refractivity (Wildman–Crippen MR) is 93.7 cm³/mol. The van der Waals surface area contributed by atoms with Crippen molar-refractivity contribution < 1.29 is 0 Å². The highest BCUT2D eigenvalue weighted by molar-refractivity contribution is 5.75. The van der Waals surface area contributed by atoms with E-state index >= 15 is 0 Å². The standard InChI is InChI=1S/C18H23N5/c1-12(2)18-19-13(3)10-16(21-18)22(4)11-17-20-14-8-6-7-9-15(14)23(17)5/h6-10,12H,11H2,1-5H3. The van der Waals surface area contributed by atoms with E-state index < -0.39 is 0 Å². The van der Waals surface area contributed by atoms with Gasteiger partial charge in [-0.05, 0) is 19.1 Å². The van der Waals surface area contributed by atoms with Crippen molar-refractivity contribution in [3.63, 3.8) is 0 Å². The SMILES string of the molecule is Cc1cc(N(C)Cc2nc3ccccc3n2C)nc(C(C)C)n1. The molecule has 0 unspecified atom stereocenters. The van der Waals surface area contributed by atoms with Crippen molar-refractivity contribution in [1.29, 1.82) is 0 Å². The van der Waals surface area contributed by atoms with Crippen LogP contribution in [-0.2, 0) is 13.6 Å². The van der Waals surface area contributed by atoms with Crippen LogP contribution in [0.25, 0.3) is 11.0 Å². The summed E-state index contributed by atoms with van der Waals surface area (Å²) in [7, 11) is 4.11. The fourth-order valence-electron chi connectivity index (χ4n) is 2.66. The van der Waals surface area contributed by atoms with Gasteiger partial charge in [0.05, 0.1) is 17.6 Å². The van der Waals surface area contributed by atoms with E-state index in [1.807, 2.05) is 38.2 Å². The number of para-hydroxylation sites is 2. The number of anilines is 1. The number of rotatable bonds is 4. The fourth-order valence-corrected chi connectivity index (χ4v) is 2.66. The highest BCUT2D eigenvalue weighted by Gasteiger charge is 2.13. The minimum Gasteiger partial charge on any atom is -0.352 e. The molecule has 120 valence electrons. The van der Waals surface area contributed by atoms with Crippen LogP contribution in [0.3, 0.4) is 0 Å². The van der Waals surface area contributed by atoms with Gasteiger partial charge in [0.2, 0.25) is 0 Å². The highest BCUT2D eigenvalue weighted by Crippen LogP contribution is 2.20. The molecule has 0 atom stereocenters. The van der Waals surface area contributed by atoms with Gasteiger partial charge in [0.1, 0.15) is 17.5 Å². The molecule has 0 amide bonds. The summed E-state index contributed by atoms with van der Waals surface area (Å²) in [5, 5.41) is 0. The smallest absolute Gasteiger partial charge is 0.133 e. The van der Waals surface area contributed by atoms with Crippen LogP contribution in [0.15, 0.2) is 30.3 Å². The van der Waals surface area contributed by atoms with E-state index in [2.05, 4.69) is 41.4 Å². The molecule has 5 heteroatoms. The lowest BCUT2D eigenvalue weighted by molar-refractivity contribution is 0.736. The Morgan fingerprint density at radius 2 is 1.87 bits per heavy atom. The van der Waals surface area contributed by atoms with E-state index in [9.17, 15) is 0 Å². The molecule has 23 heavy (non-hydrogen) atoms. The number of imidazole rings is 1. The van der Waals surface area contributed by atoms with Crippen molar-refractivity contribution in [2.75, 3.05) is 11.9 Å². The van der Waals surface area contributed by atoms with Crippen LogP contribution in [0.1, 0.15) is 37.1 Å². The summed E-state index contributed by atoms with van der Waals surface area (Å²) < 4.78 is 2.14. The maximum Gasteiger partial charge on any atom is 0.133 e. The molecule has 2 heterocycles. The minimum absolute atomic E-state index is 0.317. The molecular formula is C18H23N5. The molecule has 3 aromatic rings. The van der Waals surface area contributed by atoms with E-state index in [-0.39, 0.29) is 0 Å². The Kier molecular flexibility index (Phi) is 4.03. The van der Waals surface area contributed by atoms with Crippen LogP contribution in [0.4, 0.5) is 5.82 Å². The average Bonchev–Trinajstić information content (AvgIpc) is 2.83. The van der Waals surface area contributed by atoms with Gasteiger partial charge in [-0.3, -0.25) is 0 Å². The van der Waals surface area contributed by atoms with Gasteiger partial charge in [0.15, 0.2) is 0 Å². The van der Waals surface area contributed by atoms with Crippen LogP contribution in [0.2, 0.25) is 0 Å². The number of aryl methyl sites for hydroxylation is 2. The molecule has 3 rings (SSSR count). The first-order chi connectivity index (χ1) is 11.0. The molecule has 0 aliphatic carbocycles. The Morgan fingerprint density at radius 3 is 2.57 bits per heavy atom. The lowest BCUT2D eigenvalue weighted by atomic mass is 10.2. The van der Waals surface area contributed by atoms with Crippen molar-refractivity contribution >= 4 is 16.9 Å². The number of hydrogen-bond acceptors (Lipinski definition) is 4. The first-order valence-corrected chi connectivity index (χ1v) is 7.92. The van der Waals surface area contributed by atoms with E-state index in [1.54, 1.807) is 0 Å². The Bertz CT molecular complexity index is 835. The summed E-state index contributed by atoms with van der Waals surface area (Å²) >= 11 is 0. The lowest BCUT2D eigenvalue weighted by Gasteiger charge is -2.19. The number of aromatic nitrogens is 4. The molecule has 0 saturated heterocycles. The van der Waals surface area contributed by atoms with Crippen LogP contribution in [0.5, 0.6) is 0 Å². The van der Waals surface area contributed by atoms with Gasteiger partial charge in [-0.25, -0.2) is 15.0 Å². The van der Waals surface area contributed by atoms with Gasteiger partial charge in [0.25, 0.3) is 0 Å². The molecule has 0 spiro atoms. The number of hydrogen-bond donors (Lipinski definition) is 0. The quantitative estimate of drug-likeness (QED) is 0.741. The normalized spacial score (nSPS) is 11.4. The van der Waals surface area contributed by atoms with Crippen LogP contribution >= 0.6 is 0 Å². The number of benzene rings is 1. The molecule has 0 aliphatic rings. The molecule has 0 fully saturated rings. The van der Waals surface area contributed by atoms with Crippen molar-refractivity contribution in [2.24, 2.45) is 7.05 Å². The molecule has 5 nitrogen and oxygen atoms in total. The van der Waals surface area contributed by atoms with Crippen molar-refractivity contribution in [1.82, 2.24) is 19.5 Å². The maximum atomic E-state index is 4.74. The molecule has 2 aromatic heterocycles. The van der Waals surface area contributed by atoms with E-state index in [1.165, 1.54) is 0 Å². The molecule has 0 bridgehead atoms. The lowest BCUT2D eigenvalue weighted by Crippen LogP contribution is -2.21. The fraction of sp³-hybridized carbons (Fsp3) is 0.389. The molecule has 0 radical (unpaired) electrons.